The highest BCUT2D eigenvalue weighted by molar-refractivity contribution is 6.45. The predicted molar refractivity (Wildman–Crippen MR) is 104 cm³/mol. The summed E-state index contributed by atoms with van der Waals surface area (Å²) in [5, 5.41) is 2.96. The summed E-state index contributed by atoms with van der Waals surface area (Å²) in [4.78, 5) is 30.6. The highest BCUT2D eigenvalue weighted by Crippen LogP contribution is 2.38. The van der Waals surface area contributed by atoms with Gasteiger partial charge in [0.05, 0.1) is 5.02 Å². The van der Waals surface area contributed by atoms with E-state index in [1.807, 2.05) is 11.0 Å². The van der Waals surface area contributed by atoms with Crippen molar-refractivity contribution in [2.24, 2.45) is 4.99 Å². The molecule has 27 heavy (non-hydrogen) atoms. The first-order valence-electron chi connectivity index (χ1n) is 8.19. The maximum absolute atomic E-state index is 11.4. The monoisotopic (exact) mass is 404 g/mol. The van der Waals surface area contributed by atoms with Gasteiger partial charge in [-0.3, -0.25) is 4.99 Å². The lowest BCUT2D eigenvalue weighted by Gasteiger charge is -2.34. The maximum atomic E-state index is 11.4. The van der Waals surface area contributed by atoms with Crippen LogP contribution in [0, 0.1) is 0 Å². The van der Waals surface area contributed by atoms with Crippen molar-refractivity contribution >= 4 is 52.6 Å². The summed E-state index contributed by atoms with van der Waals surface area (Å²) < 4.78 is 5.05. The molecule has 0 saturated heterocycles. The molecule has 138 valence electrons. The second-order valence-corrected chi connectivity index (χ2v) is 6.54. The Morgan fingerprint density at radius 3 is 3.00 bits per heavy atom. The number of hydrogen-bond donors (Lipinski definition) is 1. The smallest absolute Gasteiger partial charge is 0.374 e. The van der Waals surface area contributed by atoms with E-state index in [2.05, 4.69) is 25.3 Å². The molecule has 2 aromatic heterocycles. The van der Waals surface area contributed by atoms with Crippen molar-refractivity contribution in [2.75, 3.05) is 25.0 Å². The van der Waals surface area contributed by atoms with E-state index in [0.29, 0.717) is 17.4 Å². The molecule has 8 nitrogen and oxygen atoms in total. The molecule has 0 aromatic carbocycles. The predicted octanol–water partition coefficient (Wildman–Crippen LogP) is 3.06. The number of nitrogens with zero attached hydrogens (tertiary/aromatic N) is 5. The third kappa shape index (κ3) is 3.22. The Balaban J connectivity index is 1.84. The zero-order valence-electron chi connectivity index (χ0n) is 14.2. The number of ether oxygens (including phenoxy) is 1. The number of carbonyl (C=O) groups is 1. The molecule has 2 aliphatic rings. The van der Waals surface area contributed by atoms with Gasteiger partial charge in [-0.05, 0) is 18.6 Å². The Kier molecular flexibility index (Phi) is 4.67. The largest absolute Gasteiger partial charge is 0.414 e. The Morgan fingerprint density at radius 2 is 2.19 bits per heavy atom. The zero-order chi connectivity index (χ0) is 19.0. The summed E-state index contributed by atoms with van der Waals surface area (Å²) in [6, 6.07) is 1.77. The zero-order valence-corrected chi connectivity index (χ0v) is 15.8. The first-order valence-corrected chi connectivity index (χ1v) is 8.95. The van der Waals surface area contributed by atoms with Crippen LogP contribution >= 0.6 is 23.2 Å². The number of amidine groups is 1. The minimum absolute atomic E-state index is 0.0279. The number of pyridine rings is 1. The molecular weight excluding hydrogens is 391 g/mol. The summed E-state index contributed by atoms with van der Waals surface area (Å²) in [5.41, 5.74) is 2.32. The van der Waals surface area contributed by atoms with Gasteiger partial charge >= 0.3 is 12.1 Å². The van der Waals surface area contributed by atoms with Gasteiger partial charge in [-0.25, -0.2) is 14.8 Å². The molecule has 0 spiro atoms. The van der Waals surface area contributed by atoms with Crippen LogP contribution in [-0.4, -0.2) is 47.0 Å². The quantitative estimate of drug-likeness (QED) is 0.773. The normalized spacial score (nSPS) is 15.3. The molecule has 10 heteroatoms. The van der Waals surface area contributed by atoms with E-state index in [-0.39, 0.29) is 11.2 Å². The minimum Gasteiger partial charge on any atom is -0.374 e. The molecular formula is C17H14Cl2N6O2. The first kappa shape index (κ1) is 17.7. The maximum Gasteiger partial charge on any atom is 0.414 e. The molecule has 2 aliphatic heterocycles. The number of carbonyl (C=O) groups excluding carboxylic acids is 1. The third-order valence-corrected chi connectivity index (χ3v) is 4.92. The fourth-order valence-electron chi connectivity index (χ4n) is 2.95. The number of anilines is 1. The molecule has 2 aromatic rings. The van der Waals surface area contributed by atoms with E-state index in [9.17, 15) is 4.79 Å². The fourth-order valence-corrected chi connectivity index (χ4v) is 3.33. The Hall–Kier alpha value is -2.71. The minimum atomic E-state index is -0.632. The third-order valence-electron chi connectivity index (χ3n) is 4.15. The number of amides is 1. The standard InChI is InChI=1S/C17H14Cl2N6O2/c1-20-17(26)27-16-23-8-9-7-11(10-3-5-21-13(19)12(10)18)15-22-4-2-6-25(15)14(9)24-16/h3,5,7-8H,2,4,6H2,1H3,(H,20,26). The van der Waals surface area contributed by atoms with Crippen LogP contribution in [0.4, 0.5) is 10.6 Å². The molecule has 0 radical (unpaired) electrons. The second kappa shape index (κ2) is 7.13. The molecule has 0 aliphatic carbocycles. The van der Waals surface area contributed by atoms with Crippen molar-refractivity contribution in [3.8, 4) is 6.01 Å². The number of halogens is 2. The van der Waals surface area contributed by atoms with Gasteiger partial charge in [0.1, 0.15) is 16.8 Å². The number of aromatic nitrogens is 3. The highest BCUT2D eigenvalue weighted by atomic mass is 35.5. The van der Waals surface area contributed by atoms with Crippen molar-refractivity contribution in [3.63, 3.8) is 0 Å². The van der Waals surface area contributed by atoms with Gasteiger partial charge in [-0.1, -0.05) is 23.2 Å². The lowest BCUT2D eigenvalue weighted by molar-refractivity contribution is 0.199. The van der Waals surface area contributed by atoms with E-state index in [1.165, 1.54) is 7.05 Å². The summed E-state index contributed by atoms with van der Waals surface area (Å²) >= 11 is 12.5. The van der Waals surface area contributed by atoms with Crippen molar-refractivity contribution in [1.82, 2.24) is 20.3 Å². The number of nitrogens with one attached hydrogen (secondary N) is 1. The van der Waals surface area contributed by atoms with Crippen LogP contribution in [0.1, 0.15) is 17.5 Å². The molecule has 1 N–H and O–H groups in total. The van der Waals surface area contributed by atoms with Crippen molar-refractivity contribution < 1.29 is 9.53 Å². The molecule has 4 heterocycles. The first-order chi connectivity index (χ1) is 13.1. The molecule has 0 bridgehead atoms. The van der Waals surface area contributed by atoms with Gasteiger partial charge < -0.3 is 15.0 Å². The number of rotatable bonds is 2. The lowest BCUT2D eigenvalue weighted by atomic mass is 9.98. The van der Waals surface area contributed by atoms with E-state index < -0.39 is 6.09 Å². The molecule has 1 amide bonds. The van der Waals surface area contributed by atoms with Crippen molar-refractivity contribution in [1.29, 1.82) is 0 Å². The topological polar surface area (TPSA) is 92.6 Å². The lowest BCUT2D eigenvalue weighted by Crippen LogP contribution is -2.39. The van der Waals surface area contributed by atoms with Crippen molar-refractivity contribution in [2.45, 2.75) is 6.42 Å². The van der Waals surface area contributed by atoms with E-state index >= 15 is 0 Å². The van der Waals surface area contributed by atoms with Crippen LogP contribution in [0.25, 0.3) is 11.6 Å². The molecule has 0 unspecified atom stereocenters. The van der Waals surface area contributed by atoms with E-state index in [1.54, 1.807) is 18.5 Å². The average Bonchev–Trinajstić information content (AvgIpc) is 2.69. The fraction of sp³-hybridized carbons (Fsp3) is 0.235. The highest BCUT2D eigenvalue weighted by Gasteiger charge is 2.30. The van der Waals surface area contributed by atoms with Crippen LogP contribution in [0.3, 0.4) is 0 Å². The molecule has 4 rings (SSSR count). The number of hydrogen-bond acceptors (Lipinski definition) is 7. The molecule has 0 fully saturated rings. The number of aliphatic imine (C=N–C) groups is 1. The summed E-state index contributed by atoms with van der Waals surface area (Å²) in [5.74, 6) is 1.37. The van der Waals surface area contributed by atoms with Crippen LogP contribution in [-0.2, 0) is 0 Å². The summed E-state index contributed by atoms with van der Waals surface area (Å²) in [6.45, 7) is 1.41. The molecule has 0 atom stereocenters. The Bertz CT molecular complexity index is 991. The van der Waals surface area contributed by atoms with Gasteiger partial charge in [-0.15, -0.1) is 0 Å². The van der Waals surface area contributed by atoms with Gasteiger partial charge in [0.15, 0.2) is 0 Å². The van der Waals surface area contributed by atoms with Gasteiger partial charge in [0.25, 0.3) is 0 Å². The summed E-state index contributed by atoms with van der Waals surface area (Å²) in [6.07, 6.45) is 5.34. The molecule has 0 saturated carbocycles. The summed E-state index contributed by atoms with van der Waals surface area (Å²) in [7, 11) is 1.47. The van der Waals surface area contributed by atoms with Crippen LogP contribution in [0.5, 0.6) is 6.01 Å². The van der Waals surface area contributed by atoms with E-state index in [4.69, 9.17) is 27.9 Å². The number of fused-ring (bicyclic) bond motifs is 3. The van der Waals surface area contributed by atoms with Gasteiger partial charge in [0, 0.05) is 49.2 Å². The van der Waals surface area contributed by atoms with Gasteiger partial charge in [-0.2, -0.15) is 4.98 Å². The van der Waals surface area contributed by atoms with Gasteiger partial charge in [0.2, 0.25) is 0 Å². The SMILES string of the molecule is CNC(=O)Oc1ncc2c(n1)N1CCCN=C1C(c1ccnc(Cl)c1Cl)=C2. The van der Waals surface area contributed by atoms with Crippen LogP contribution in [0.15, 0.2) is 23.5 Å². The van der Waals surface area contributed by atoms with Crippen LogP contribution in [0.2, 0.25) is 10.2 Å². The van der Waals surface area contributed by atoms with Crippen LogP contribution < -0.4 is 15.0 Å². The second-order valence-electron chi connectivity index (χ2n) is 5.80. The Labute approximate surface area is 164 Å². The average molecular weight is 405 g/mol. The Morgan fingerprint density at radius 1 is 1.33 bits per heavy atom. The van der Waals surface area contributed by atoms with Crippen molar-refractivity contribution in [3.05, 3.63) is 39.8 Å². The van der Waals surface area contributed by atoms with E-state index in [0.717, 1.165) is 35.5 Å².